The van der Waals surface area contributed by atoms with Crippen molar-refractivity contribution in [2.75, 3.05) is 25.1 Å². The Bertz CT molecular complexity index is 407. The fraction of sp³-hybridized carbons (Fsp3) is 0.462. The summed E-state index contributed by atoms with van der Waals surface area (Å²) in [5.74, 6) is 5.37. The molecule has 0 spiro atoms. The van der Waals surface area contributed by atoms with Crippen molar-refractivity contribution in [2.45, 2.75) is 20.3 Å². The highest BCUT2D eigenvalue weighted by Gasteiger charge is 2.17. The molecule has 0 unspecified atom stereocenters. The lowest BCUT2D eigenvalue weighted by atomic mass is 10.1. The molecule has 0 saturated carbocycles. The number of aliphatic hydroxyl groups excluding tert-OH is 1. The molecule has 0 aliphatic heterocycles. The zero-order valence-corrected chi connectivity index (χ0v) is 10.9. The largest absolute Gasteiger partial charge is 0.396 e. The average molecular weight is 251 g/mol. The Balaban J connectivity index is 2.93. The maximum absolute atomic E-state index is 12.3. The Morgan fingerprint density at radius 1 is 1.50 bits per heavy atom. The van der Waals surface area contributed by atoms with E-state index in [1.807, 2.05) is 26.0 Å². The van der Waals surface area contributed by atoms with E-state index in [0.717, 1.165) is 5.56 Å². The molecule has 18 heavy (non-hydrogen) atoms. The van der Waals surface area contributed by atoms with E-state index in [0.29, 0.717) is 30.8 Å². The van der Waals surface area contributed by atoms with Crippen molar-refractivity contribution in [3.63, 3.8) is 0 Å². The number of aliphatic hydroxyl groups is 1. The molecule has 4 N–H and O–H groups in total. The Labute approximate surface area is 108 Å². The molecular formula is C13H21N3O2. The second kappa shape index (κ2) is 6.98. The van der Waals surface area contributed by atoms with Gasteiger partial charge in [0, 0.05) is 19.7 Å². The van der Waals surface area contributed by atoms with Gasteiger partial charge in [-0.25, -0.2) is 0 Å². The zero-order chi connectivity index (χ0) is 13.5. The minimum Gasteiger partial charge on any atom is -0.396 e. The fourth-order valence-corrected chi connectivity index (χ4v) is 1.80. The van der Waals surface area contributed by atoms with Gasteiger partial charge in [0.1, 0.15) is 0 Å². The van der Waals surface area contributed by atoms with Crippen LogP contribution in [0.5, 0.6) is 0 Å². The predicted molar refractivity (Wildman–Crippen MR) is 72.3 cm³/mol. The molecule has 0 radical (unpaired) electrons. The van der Waals surface area contributed by atoms with Crippen molar-refractivity contribution in [1.82, 2.24) is 4.90 Å². The Hall–Kier alpha value is -1.59. The van der Waals surface area contributed by atoms with E-state index < -0.39 is 0 Å². The number of aryl methyl sites for hydroxylation is 1. The van der Waals surface area contributed by atoms with Gasteiger partial charge in [0.15, 0.2) is 0 Å². The molecule has 0 atom stereocenters. The van der Waals surface area contributed by atoms with Gasteiger partial charge in [-0.05, 0) is 38.0 Å². The van der Waals surface area contributed by atoms with Crippen LogP contribution < -0.4 is 11.3 Å². The maximum Gasteiger partial charge on any atom is 0.255 e. The van der Waals surface area contributed by atoms with Crippen LogP contribution in [0.3, 0.4) is 0 Å². The minimum absolute atomic E-state index is 0.0705. The number of nitrogens with two attached hydrogens (primary N) is 1. The lowest BCUT2D eigenvalue weighted by Crippen LogP contribution is -2.33. The summed E-state index contributed by atoms with van der Waals surface area (Å²) in [5, 5.41) is 8.83. The molecule has 1 aromatic rings. The monoisotopic (exact) mass is 251 g/mol. The summed E-state index contributed by atoms with van der Waals surface area (Å²) in [6, 6.07) is 5.50. The quantitative estimate of drug-likeness (QED) is 0.523. The molecule has 0 aliphatic rings. The van der Waals surface area contributed by atoms with Gasteiger partial charge in [0.25, 0.3) is 5.91 Å². The Morgan fingerprint density at radius 2 is 2.22 bits per heavy atom. The van der Waals surface area contributed by atoms with E-state index in [1.165, 1.54) is 0 Å². The number of rotatable bonds is 6. The highest BCUT2D eigenvalue weighted by Crippen LogP contribution is 2.18. The van der Waals surface area contributed by atoms with Crippen LogP contribution in [-0.2, 0) is 0 Å². The van der Waals surface area contributed by atoms with Gasteiger partial charge in [-0.15, -0.1) is 0 Å². The van der Waals surface area contributed by atoms with Gasteiger partial charge >= 0.3 is 0 Å². The standard InChI is InChI=1S/C13H21N3O2/c1-3-16(7-4-8-17)13(18)11-6-5-10(2)9-12(11)15-14/h5-6,9,15,17H,3-4,7-8,14H2,1-2H3. The van der Waals surface area contributed by atoms with E-state index in [4.69, 9.17) is 10.9 Å². The van der Waals surface area contributed by atoms with Gasteiger partial charge in [0.2, 0.25) is 0 Å². The first-order chi connectivity index (χ1) is 8.63. The van der Waals surface area contributed by atoms with Crippen LogP contribution in [0.1, 0.15) is 29.3 Å². The van der Waals surface area contributed by atoms with Crippen molar-refractivity contribution in [3.05, 3.63) is 29.3 Å². The number of benzene rings is 1. The number of hydrazine groups is 1. The Morgan fingerprint density at radius 3 is 2.78 bits per heavy atom. The second-order valence-corrected chi connectivity index (χ2v) is 4.16. The number of carbonyl (C=O) groups excluding carboxylic acids is 1. The third-order valence-electron chi connectivity index (χ3n) is 2.82. The summed E-state index contributed by atoms with van der Waals surface area (Å²) in [4.78, 5) is 14.0. The van der Waals surface area contributed by atoms with E-state index in [1.54, 1.807) is 11.0 Å². The van der Waals surface area contributed by atoms with Gasteiger partial charge < -0.3 is 15.4 Å². The SMILES string of the molecule is CCN(CCCO)C(=O)c1ccc(C)cc1NN. The van der Waals surface area contributed by atoms with Crippen molar-refractivity contribution < 1.29 is 9.90 Å². The summed E-state index contributed by atoms with van der Waals surface area (Å²) >= 11 is 0. The van der Waals surface area contributed by atoms with Crippen LogP contribution in [0.25, 0.3) is 0 Å². The summed E-state index contributed by atoms with van der Waals surface area (Å²) < 4.78 is 0. The number of hydrogen-bond donors (Lipinski definition) is 3. The number of nitrogens with zero attached hydrogens (tertiary/aromatic N) is 1. The lowest BCUT2D eigenvalue weighted by molar-refractivity contribution is 0.0755. The molecular weight excluding hydrogens is 230 g/mol. The first-order valence-corrected chi connectivity index (χ1v) is 6.11. The third-order valence-corrected chi connectivity index (χ3v) is 2.82. The topological polar surface area (TPSA) is 78.6 Å². The van der Waals surface area contributed by atoms with E-state index in [2.05, 4.69) is 5.43 Å². The van der Waals surface area contributed by atoms with Crippen LogP contribution in [-0.4, -0.2) is 35.6 Å². The lowest BCUT2D eigenvalue weighted by Gasteiger charge is -2.22. The molecule has 0 aliphatic carbocycles. The summed E-state index contributed by atoms with van der Waals surface area (Å²) in [5.41, 5.74) is 4.78. The molecule has 0 heterocycles. The smallest absolute Gasteiger partial charge is 0.255 e. The highest BCUT2D eigenvalue weighted by molar-refractivity contribution is 5.99. The van der Waals surface area contributed by atoms with Crippen LogP contribution in [0.4, 0.5) is 5.69 Å². The van der Waals surface area contributed by atoms with E-state index >= 15 is 0 Å². The van der Waals surface area contributed by atoms with Gasteiger partial charge in [-0.3, -0.25) is 10.6 Å². The fourth-order valence-electron chi connectivity index (χ4n) is 1.80. The maximum atomic E-state index is 12.3. The number of hydrogen-bond acceptors (Lipinski definition) is 4. The minimum atomic E-state index is -0.0705. The summed E-state index contributed by atoms with van der Waals surface area (Å²) in [7, 11) is 0. The molecule has 0 fully saturated rings. The molecule has 1 amide bonds. The molecule has 5 nitrogen and oxygen atoms in total. The van der Waals surface area contributed by atoms with Gasteiger partial charge in [0.05, 0.1) is 11.3 Å². The Kier molecular flexibility index (Phi) is 5.61. The normalized spacial score (nSPS) is 10.2. The summed E-state index contributed by atoms with van der Waals surface area (Å²) in [6.07, 6.45) is 0.580. The van der Waals surface area contributed by atoms with Crippen LogP contribution in [0.15, 0.2) is 18.2 Å². The van der Waals surface area contributed by atoms with Gasteiger partial charge in [-0.2, -0.15) is 0 Å². The first-order valence-electron chi connectivity index (χ1n) is 6.11. The van der Waals surface area contributed by atoms with Crippen LogP contribution in [0.2, 0.25) is 0 Å². The zero-order valence-electron chi connectivity index (χ0n) is 10.9. The molecule has 5 heteroatoms. The summed E-state index contributed by atoms with van der Waals surface area (Å²) in [6.45, 7) is 5.09. The van der Waals surface area contributed by atoms with Crippen LogP contribution >= 0.6 is 0 Å². The first kappa shape index (κ1) is 14.5. The molecule has 1 rings (SSSR count). The predicted octanol–water partition coefficient (Wildman–Crippen LogP) is 1.13. The van der Waals surface area contributed by atoms with Crippen molar-refractivity contribution in [3.8, 4) is 0 Å². The number of anilines is 1. The van der Waals surface area contributed by atoms with Crippen molar-refractivity contribution >= 4 is 11.6 Å². The molecule has 0 aromatic heterocycles. The molecule has 0 bridgehead atoms. The number of amides is 1. The van der Waals surface area contributed by atoms with Gasteiger partial charge in [-0.1, -0.05) is 6.07 Å². The third kappa shape index (κ3) is 3.45. The van der Waals surface area contributed by atoms with Crippen molar-refractivity contribution in [1.29, 1.82) is 0 Å². The molecule has 0 saturated heterocycles. The van der Waals surface area contributed by atoms with Crippen molar-refractivity contribution in [2.24, 2.45) is 5.84 Å². The average Bonchev–Trinajstić information content (AvgIpc) is 2.39. The highest BCUT2D eigenvalue weighted by atomic mass is 16.3. The van der Waals surface area contributed by atoms with E-state index in [9.17, 15) is 4.79 Å². The van der Waals surface area contributed by atoms with E-state index in [-0.39, 0.29) is 12.5 Å². The molecule has 1 aromatic carbocycles. The second-order valence-electron chi connectivity index (χ2n) is 4.16. The van der Waals surface area contributed by atoms with Crippen LogP contribution in [0, 0.1) is 6.92 Å². The number of carbonyl (C=O) groups is 1. The molecule has 100 valence electrons. The number of nitrogen functional groups attached to an aromatic ring is 1. The number of nitrogens with one attached hydrogen (secondary N) is 1.